The van der Waals surface area contributed by atoms with Gasteiger partial charge in [0.15, 0.2) is 0 Å². The lowest BCUT2D eigenvalue weighted by Gasteiger charge is -2.01. The van der Waals surface area contributed by atoms with E-state index in [4.69, 9.17) is 6.42 Å². The van der Waals surface area contributed by atoms with Crippen LogP contribution < -0.4 is 0 Å². The van der Waals surface area contributed by atoms with Gasteiger partial charge in [0.2, 0.25) is 0 Å². The Morgan fingerprint density at radius 1 is 1.15 bits per heavy atom. The molecule has 2 rings (SSSR count). The zero-order valence-electron chi connectivity index (χ0n) is 6.99. The minimum atomic E-state index is 0.878. The van der Waals surface area contributed by atoms with Gasteiger partial charge in [-0.3, -0.25) is 0 Å². The summed E-state index contributed by atoms with van der Waals surface area (Å²) in [5.41, 5.74) is 0.878. The van der Waals surface area contributed by atoms with Crippen molar-refractivity contribution < 1.29 is 0 Å². The SMILES string of the molecule is C#Cc1cc(S)c2ccccc2c1. The van der Waals surface area contributed by atoms with Gasteiger partial charge in [0.25, 0.3) is 0 Å². The molecule has 0 fully saturated rings. The summed E-state index contributed by atoms with van der Waals surface area (Å²) in [6.45, 7) is 0. The number of fused-ring (bicyclic) bond motifs is 1. The van der Waals surface area contributed by atoms with Gasteiger partial charge < -0.3 is 0 Å². The summed E-state index contributed by atoms with van der Waals surface area (Å²) in [6, 6.07) is 12.0. The van der Waals surface area contributed by atoms with Crippen molar-refractivity contribution in [3.63, 3.8) is 0 Å². The van der Waals surface area contributed by atoms with Crippen LogP contribution in [-0.2, 0) is 0 Å². The number of terminal acetylenes is 1. The Balaban J connectivity index is 2.86. The van der Waals surface area contributed by atoms with Crippen LogP contribution >= 0.6 is 12.6 Å². The Morgan fingerprint density at radius 2 is 1.92 bits per heavy atom. The lowest BCUT2D eigenvalue weighted by atomic mass is 10.1. The van der Waals surface area contributed by atoms with Crippen molar-refractivity contribution in [2.75, 3.05) is 0 Å². The van der Waals surface area contributed by atoms with Crippen LogP contribution in [0.3, 0.4) is 0 Å². The third kappa shape index (κ3) is 1.41. The largest absolute Gasteiger partial charge is 0.143 e. The topological polar surface area (TPSA) is 0 Å². The molecule has 0 nitrogen and oxygen atoms in total. The highest BCUT2D eigenvalue weighted by atomic mass is 32.1. The molecule has 0 aromatic heterocycles. The quantitative estimate of drug-likeness (QED) is 0.472. The summed E-state index contributed by atoms with van der Waals surface area (Å²) in [5.74, 6) is 2.61. The average Bonchev–Trinajstić information content (AvgIpc) is 2.18. The summed E-state index contributed by atoms with van der Waals surface area (Å²) in [4.78, 5) is 0.936. The first-order valence-electron chi connectivity index (χ1n) is 3.99. The predicted octanol–water partition coefficient (Wildman–Crippen LogP) is 3.11. The molecule has 0 heterocycles. The van der Waals surface area contributed by atoms with Gasteiger partial charge in [-0.2, -0.15) is 0 Å². The van der Waals surface area contributed by atoms with E-state index in [2.05, 4.69) is 18.5 Å². The molecule has 0 aliphatic carbocycles. The van der Waals surface area contributed by atoms with Gasteiger partial charge in [0.05, 0.1) is 0 Å². The Morgan fingerprint density at radius 3 is 2.69 bits per heavy atom. The lowest BCUT2D eigenvalue weighted by molar-refractivity contribution is 1.53. The van der Waals surface area contributed by atoms with Gasteiger partial charge in [-0.1, -0.05) is 30.2 Å². The number of rotatable bonds is 0. The number of hydrogen-bond donors (Lipinski definition) is 1. The van der Waals surface area contributed by atoms with Crippen LogP contribution in [0.2, 0.25) is 0 Å². The van der Waals surface area contributed by atoms with Gasteiger partial charge in [0, 0.05) is 10.5 Å². The summed E-state index contributed by atoms with van der Waals surface area (Å²) in [7, 11) is 0. The van der Waals surface area contributed by atoms with Crippen LogP contribution in [0.5, 0.6) is 0 Å². The Labute approximate surface area is 83.0 Å². The smallest absolute Gasteiger partial charge is 0.0260 e. The Kier molecular flexibility index (Phi) is 2.00. The van der Waals surface area contributed by atoms with Gasteiger partial charge in [0.1, 0.15) is 0 Å². The second-order valence-electron chi connectivity index (χ2n) is 2.86. The van der Waals surface area contributed by atoms with E-state index in [9.17, 15) is 0 Å². The monoisotopic (exact) mass is 184 g/mol. The number of benzene rings is 2. The van der Waals surface area contributed by atoms with Crippen molar-refractivity contribution in [2.45, 2.75) is 4.90 Å². The molecule has 0 saturated carbocycles. The maximum Gasteiger partial charge on any atom is 0.0260 e. The molecule has 2 aromatic carbocycles. The van der Waals surface area contributed by atoms with Crippen molar-refractivity contribution in [1.82, 2.24) is 0 Å². The fraction of sp³-hybridized carbons (Fsp3) is 0. The number of hydrogen-bond acceptors (Lipinski definition) is 1. The normalized spacial score (nSPS) is 9.85. The molecule has 0 aliphatic rings. The van der Waals surface area contributed by atoms with Crippen LogP contribution in [0.25, 0.3) is 10.8 Å². The molecule has 0 amide bonds. The van der Waals surface area contributed by atoms with Crippen molar-refractivity contribution >= 4 is 23.4 Å². The Hall–Kier alpha value is -1.39. The summed E-state index contributed by atoms with van der Waals surface area (Å²) in [5, 5.41) is 2.28. The molecule has 62 valence electrons. The van der Waals surface area contributed by atoms with Crippen LogP contribution in [0, 0.1) is 12.3 Å². The van der Waals surface area contributed by atoms with Gasteiger partial charge in [-0.25, -0.2) is 0 Å². The highest BCUT2D eigenvalue weighted by molar-refractivity contribution is 7.80. The molecule has 0 bridgehead atoms. The van der Waals surface area contributed by atoms with Gasteiger partial charge in [-0.15, -0.1) is 19.1 Å². The number of thiol groups is 1. The lowest BCUT2D eigenvalue weighted by Crippen LogP contribution is -1.78. The van der Waals surface area contributed by atoms with Crippen LogP contribution in [0.15, 0.2) is 41.3 Å². The highest BCUT2D eigenvalue weighted by Crippen LogP contribution is 2.23. The van der Waals surface area contributed by atoms with E-state index in [0.29, 0.717) is 0 Å². The minimum absolute atomic E-state index is 0.878. The Bertz CT molecular complexity index is 492. The van der Waals surface area contributed by atoms with Crippen molar-refractivity contribution in [3.8, 4) is 12.3 Å². The first kappa shape index (κ1) is 8.22. The molecule has 1 heteroatoms. The van der Waals surface area contributed by atoms with E-state index < -0.39 is 0 Å². The van der Waals surface area contributed by atoms with Crippen LogP contribution in [0.4, 0.5) is 0 Å². The van der Waals surface area contributed by atoms with Crippen LogP contribution in [-0.4, -0.2) is 0 Å². The van der Waals surface area contributed by atoms with Gasteiger partial charge in [-0.05, 0) is 22.9 Å². The molecule has 0 radical (unpaired) electrons. The molecule has 0 aliphatic heterocycles. The predicted molar refractivity (Wildman–Crippen MR) is 59.1 cm³/mol. The van der Waals surface area contributed by atoms with E-state index in [1.165, 1.54) is 0 Å². The zero-order chi connectivity index (χ0) is 9.26. The van der Waals surface area contributed by atoms with E-state index >= 15 is 0 Å². The van der Waals surface area contributed by atoms with Crippen molar-refractivity contribution in [3.05, 3.63) is 42.0 Å². The third-order valence-electron chi connectivity index (χ3n) is 2.01. The maximum atomic E-state index is 5.33. The fourth-order valence-electron chi connectivity index (χ4n) is 1.37. The first-order valence-corrected chi connectivity index (χ1v) is 4.44. The molecule has 0 spiro atoms. The molecular weight excluding hydrogens is 176 g/mol. The van der Waals surface area contributed by atoms with E-state index in [1.54, 1.807) is 0 Å². The van der Waals surface area contributed by atoms with E-state index in [-0.39, 0.29) is 0 Å². The van der Waals surface area contributed by atoms with E-state index in [1.807, 2.05) is 36.4 Å². The molecule has 0 saturated heterocycles. The summed E-state index contributed by atoms with van der Waals surface area (Å²) < 4.78 is 0. The zero-order valence-corrected chi connectivity index (χ0v) is 7.88. The molecule has 0 unspecified atom stereocenters. The highest BCUT2D eigenvalue weighted by Gasteiger charge is 1.98. The second kappa shape index (κ2) is 3.16. The average molecular weight is 184 g/mol. The maximum absolute atomic E-state index is 5.33. The molecule has 2 aromatic rings. The first-order chi connectivity index (χ1) is 6.31. The minimum Gasteiger partial charge on any atom is -0.143 e. The van der Waals surface area contributed by atoms with Crippen molar-refractivity contribution in [1.29, 1.82) is 0 Å². The summed E-state index contributed by atoms with van der Waals surface area (Å²) >= 11 is 4.38. The van der Waals surface area contributed by atoms with Crippen molar-refractivity contribution in [2.24, 2.45) is 0 Å². The molecule has 13 heavy (non-hydrogen) atoms. The van der Waals surface area contributed by atoms with Gasteiger partial charge >= 0.3 is 0 Å². The van der Waals surface area contributed by atoms with E-state index in [0.717, 1.165) is 21.2 Å². The molecular formula is C12H8S. The fourth-order valence-corrected chi connectivity index (χ4v) is 1.72. The molecule has 0 N–H and O–H groups in total. The van der Waals surface area contributed by atoms with Crippen LogP contribution in [0.1, 0.15) is 5.56 Å². The second-order valence-corrected chi connectivity index (χ2v) is 3.34. The molecule has 0 atom stereocenters. The summed E-state index contributed by atoms with van der Waals surface area (Å²) in [6.07, 6.45) is 5.33. The standard InChI is InChI=1S/C12H8S/c1-2-9-7-10-5-3-4-6-11(10)12(13)8-9/h1,3-8,13H. The third-order valence-corrected chi connectivity index (χ3v) is 2.38.